The summed E-state index contributed by atoms with van der Waals surface area (Å²) < 4.78 is 47.8. The third-order valence-corrected chi connectivity index (χ3v) is 9.64. The predicted molar refractivity (Wildman–Crippen MR) is 144 cm³/mol. The molecule has 0 aliphatic carbocycles. The number of benzene rings is 2. The molecule has 3 aromatic rings. The highest BCUT2D eigenvalue weighted by Gasteiger charge is 2.35. The summed E-state index contributed by atoms with van der Waals surface area (Å²) in [5.74, 6) is -0.00590. The number of hydrogen-bond acceptors (Lipinski definition) is 5. The quantitative estimate of drug-likeness (QED) is 0.341. The van der Waals surface area contributed by atoms with E-state index in [1.165, 1.54) is 21.3 Å². The second-order valence-corrected chi connectivity index (χ2v) is 12.5. The van der Waals surface area contributed by atoms with Gasteiger partial charge in [0.05, 0.1) is 17.5 Å². The normalized spacial score (nSPS) is 16.5. The van der Waals surface area contributed by atoms with Crippen molar-refractivity contribution in [1.29, 1.82) is 0 Å². The Morgan fingerprint density at radius 1 is 1.16 bits per heavy atom. The van der Waals surface area contributed by atoms with Gasteiger partial charge in [-0.3, -0.25) is 4.79 Å². The molecule has 0 spiro atoms. The molecule has 198 valence electrons. The second-order valence-electron chi connectivity index (χ2n) is 9.54. The van der Waals surface area contributed by atoms with Gasteiger partial charge in [-0.1, -0.05) is 38.0 Å². The number of amides is 1. The molecular weight excluding hydrogens is 511 g/mol. The first-order valence-corrected chi connectivity index (χ1v) is 14.8. The molecule has 0 N–H and O–H groups in total. The van der Waals surface area contributed by atoms with Crippen LogP contribution >= 0.6 is 11.3 Å². The van der Waals surface area contributed by atoms with Crippen LogP contribution in [0, 0.1) is 18.7 Å². The van der Waals surface area contributed by atoms with E-state index in [1.54, 1.807) is 52.6 Å². The van der Waals surface area contributed by atoms with Gasteiger partial charge >= 0.3 is 0 Å². The SMILES string of the molecule is CC[C@@H](C)CN(CC(=O)N1CCc2sccc2[C@@H]1COc1ccc(F)cc1)S(=O)(=O)c1ccc(C)cc1. The monoisotopic (exact) mass is 544 g/mol. The standard InChI is InChI=1S/C28H33FN2O4S2/c1-4-20(2)17-30(37(33,34)24-11-5-21(3)6-12-24)18-28(32)31-15-13-27-25(14-16-36-27)26(31)19-35-23-9-7-22(29)8-10-23/h5-12,14,16,20,26H,4,13,15,17-19H2,1-3H3/t20-,26+/m1/s1. The Bertz CT molecular complexity index is 1310. The third-order valence-electron chi connectivity index (χ3n) is 6.82. The number of sulfonamides is 1. The van der Waals surface area contributed by atoms with Gasteiger partial charge in [0.2, 0.25) is 15.9 Å². The van der Waals surface area contributed by atoms with Crippen LogP contribution < -0.4 is 4.74 Å². The first kappa shape index (κ1) is 27.3. The highest BCUT2D eigenvalue weighted by molar-refractivity contribution is 7.89. The maximum atomic E-state index is 13.7. The van der Waals surface area contributed by atoms with Crippen molar-refractivity contribution in [3.8, 4) is 5.75 Å². The van der Waals surface area contributed by atoms with Gasteiger partial charge < -0.3 is 9.64 Å². The van der Waals surface area contributed by atoms with Gasteiger partial charge in [0.1, 0.15) is 18.2 Å². The minimum absolute atomic E-state index is 0.0930. The molecule has 6 nitrogen and oxygen atoms in total. The summed E-state index contributed by atoms with van der Waals surface area (Å²) in [4.78, 5) is 16.8. The first-order valence-electron chi connectivity index (χ1n) is 12.5. The Balaban J connectivity index is 1.58. The lowest BCUT2D eigenvalue weighted by molar-refractivity contribution is -0.135. The fourth-order valence-corrected chi connectivity index (χ4v) is 6.84. The van der Waals surface area contributed by atoms with E-state index in [0.29, 0.717) is 18.7 Å². The van der Waals surface area contributed by atoms with E-state index in [-0.39, 0.29) is 48.3 Å². The Morgan fingerprint density at radius 2 is 1.86 bits per heavy atom. The molecule has 1 aliphatic heterocycles. The number of hydrogen-bond donors (Lipinski definition) is 0. The van der Waals surface area contributed by atoms with Crippen LogP contribution in [-0.4, -0.2) is 49.8 Å². The van der Waals surface area contributed by atoms with E-state index in [0.717, 1.165) is 17.5 Å². The third kappa shape index (κ3) is 6.40. The Hall–Kier alpha value is -2.75. The van der Waals surface area contributed by atoms with Crippen LogP contribution in [0.2, 0.25) is 0 Å². The fraction of sp³-hybridized carbons (Fsp3) is 0.393. The maximum absolute atomic E-state index is 13.7. The molecule has 0 radical (unpaired) electrons. The zero-order valence-corrected chi connectivity index (χ0v) is 23.0. The second kappa shape index (κ2) is 11.8. The molecule has 1 aromatic heterocycles. The van der Waals surface area contributed by atoms with Gasteiger partial charge in [-0.25, -0.2) is 12.8 Å². The van der Waals surface area contributed by atoms with Gasteiger partial charge in [0.15, 0.2) is 0 Å². The predicted octanol–water partition coefficient (Wildman–Crippen LogP) is 5.44. The lowest BCUT2D eigenvalue weighted by Crippen LogP contribution is -2.48. The van der Waals surface area contributed by atoms with Crippen LogP contribution in [-0.2, 0) is 21.2 Å². The summed E-state index contributed by atoms with van der Waals surface area (Å²) in [5.41, 5.74) is 1.98. The number of thiophene rings is 1. The zero-order chi connectivity index (χ0) is 26.6. The van der Waals surface area contributed by atoms with Gasteiger partial charge in [-0.15, -0.1) is 11.3 Å². The topological polar surface area (TPSA) is 66.9 Å². The van der Waals surface area contributed by atoms with Gasteiger partial charge in [-0.2, -0.15) is 4.31 Å². The molecule has 37 heavy (non-hydrogen) atoms. The van der Waals surface area contributed by atoms with Crippen LogP contribution in [0.25, 0.3) is 0 Å². The van der Waals surface area contributed by atoms with Crippen LogP contribution in [0.5, 0.6) is 5.75 Å². The smallest absolute Gasteiger partial charge is 0.243 e. The van der Waals surface area contributed by atoms with Crippen molar-refractivity contribution in [2.24, 2.45) is 5.92 Å². The number of nitrogens with zero attached hydrogens (tertiary/aromatic N) is 2. The van der Waals surface area contributed by atoms with Crippen LogP contribution in [0.1, 0.15) is 42.3 Å². The maximum Gasteiger partial charge on any atom is 0.243 e. The minimum Gasteiger partial charge on any atom is -0.491 e. The van der Waals surface area contributed by atoms with Crippen molar-refractivity contribution in [3.05, 3.63) is 81.8 Å². The number of aryl methyl sites for hydroxylation is 1. The van der Waals surface area contributed by atoms with Crippen molar-refractivity contribution in [2.45, 2.75) is 44.6 Å². The summed E-state index contributed by atoms with van der Waals surface area (Å²) in [5, 5.41) is 2.00. The number of carbonyl (C=O) groups excluding carboxylic acids is 1. The first-order chi connectivity index (χ1) is 17.7. The van der Waals surface area contributed by atoms with Crippen molar-refractivity contribution in [2.75, 3.05) is 26.2 Å². The Labute approximate surface area is 222 Å². The van der Waals surface area contributed by atoms with Crippen molar-refractivity contribution >= 4 is 27.3 Å². The minimum atomic E-state index is -3.86. The largest absolute Gasteiger partial charge is 0.491 e. The van der Waals surface area contributed by atoms with Crippen molar-refractivity contribution < 1.29 is 22.3 Å². The van der Waals surface area contributed by atoms with Gasteiger partial charge in [0.25, 0.3) is 0 Å². The average molecular weight is 545 g/mol. The highest BCUT2D eigenvalue weighted by atomic mass is 32.2. The van der Waals surface area contributed by atoms with E-state index < -0.39 is 10.0 Å². The van der Waals surface area contributed by atoms with E-state index in [2.05, 4.69) is 0 Å². The zero-order valence-electron chi connectivity index (χ0n) is 21.4. The molecule has 1 aliphatic rings. The molecule has 0 saturated carbocycles. The molecule has 2 atom stereocenters. The molecule has 4 rings (SSSR count). The molecule has 1 amide bonds. The lowest BCUT2D eigenvalue weighted by Gasteiger charge is -2.37. The molecular formula is C28H33FN2O4S2. The Morgan fingerprint density at radius 3 is 2.54 bits per heavy atom. The number of fused-ring (bicyclic) bond motifs is 1. The lowest BCUT2D eigenvalue weighted by atomic mass is 10.0. The van der Waals surface area contributed by atoms with E-state index in [1.807, 2.05) is 32.2 Å². The van der Waals surface area contributed by atoms with Gasteiger partial charge in [-0.05, 0) is 72.7 Å². The number of ether oxygens (including phenoxy) is 1. The molecule has 2 aromatic carbocycles. The van der Waals surface area contributed by atoms with Crippen LogP contribution in [0.15, 0.2) is 64.9 Å². The molecule has 2 heterocycles. The number of carbonyl (C=O) groups is 1. The number of rotatable bonds is 10. The van der Waals surface area contributed by atoms with Crippen LogP contribution in [0.4, 0.5) is 4.39 Å². The summed E-state index contributed by atoms with van der Waals surface area (Å²) in [6.07, 6.45) is 1.51. The summed E-state index contributed by atoms with van der Waals surface area (Å²) in [6, 6.07) is 14.1. The summed E-state index contributed by atoms with van der Waals surface area (Å²) in [6.45, 7) is 6.58. The van der Waals surface area contributed by atoms with Crippen LogP contribution in [0.3, 0.4) is 0 Å². The molecule has 0 bridgehead atoms. The summed E-state index contributed by atoms with van der Waals surface area (Å²) in [7, 11) is -3.86. The van der Waals surface area contributed by atoms with E-state index >= 15 is 0 Å². The highest BCUT2D eigenvalue weighted by Crippen LogP contribution is 2.34. The van der Waals surface area contributed by atoms with Crippen molar-refractivity contribution in [3.63, 3.8) is 0 Å². The molecule has 9 heteroatoms. The molecule has 0 unspecified atom stereocenters. The van der Waals surface area contributed by atoms with Crippen molar-refractivity contribution in [1.82, 2.24) is 9.21 Å². The molecule has 0 fully saturated rings. The molecule has 0 saturated heterocycles. The summed E-state index contributed by atoms with van der Waals surface area (Å²) >= 11 is 1.65. The van der Waals surface area contributed by atoms with Gasteiger partial charge in [0, 0.05) is 18.0 Å². The van der Waals surface area contributed by atoms with E-state index in [9.17, 15) is 17.6 Å². The fourth-order valence-electron chi connectivity index (χ4n) is 4.41. The average Bonchev–Trinajstić information content (AvgIpc) is 3.37. The van der Waals surface area contributed by atoms with E-state index in [4.69, 9.17) is 4.74 Å². The number of halogens is 1. The Kier molecular flexibility index (Phi) is 8.67.